The maximum Gasteiger partial charge on any atom is 0.0610 e. The third-order valence-electron chi connectivity index (χ3n) is 2.84. The van der Waals surface area contributed by atoms with E-state index in [4.69, 9.17) is 11.6 Å². The fraction of sp³-hybridized carbons (Fsp3) is 0.500. The van der Waals surface area contributed by atoms with Gasteiger partial charge in [0.05, 0.1) is 6.61 Å². The van der Waals surface area contributed by atoms with E-state index in [1.165, 1.54) is 0 Å². The fourth-order valence-corrected chi connectivity index (χ4v) is 1.86. The molecule has 0 amide bonds. The fourth-order valence-electron chi connectivity index (χ4n) is 1.28. The van der Waals surface area contributed by atoms with Crippen LogP contribution in [0.2, 0.25) is 5.02 Å². The van der Waals surface area contributed by atoms with Gasteiger partial charge in [-0.3, -0.25) is 0 Å². The second-order valence-electron chi connectivity index (χ2n) is 4.16. The predicted octanol–water partition coefficient (Wildman–Crippen LogP) is 3.35. The molecule has 0 aliphatic rings. The van der Waals surface area contributed by atoms with Crippen LogP contribution in [0, 0.1) is 0 Å². The minimum absolute atomic E-state index is 0.127. The molecule has 0 spiro atoms. The van der Waals surface area contributed by atoms with E-state index in [0.29, 0.717) is 6.54 Å². The van der Waals surface area contributed by atoms with Gasteiger partial charge in [-0.25, -0.2) is 0 Å². The van der Waals surface area contributed by atoms with Gasteiger partial charge in [-0.2, -0.15) is 0 Å². The number of nitrogens with one attached hydrogen (secondary N) is 1. The average Bonchev–Trinajstić information content (AvgIpc) is 2.30. The summed E-state index contributed by atoms with van der Waals surface area (Å²) in [6.45, 7) is 4.87. The summed E-state index contributed by atoms with van der Waals surface area (Å²) in [6.07, 6.45) is 0.877. The van der Waals surface area contributed by atoms with Crippen molar-refractivity contribution in [2.75, 3.05) is 6.61 Å². The molecule has 4 heteroatoms. The van der Waals surface area contributed by atoms with E-state index in [1.807, 2.05) is 25.1 Å². The molecule has 0 heterocycles. The molecule has 2 nitrogen and oxygen atoms in total. The number of aliphatic hydroxyl groups excluding tert-OH is 1. The summed E-state index contributed by atoms with van der Waals surface area (Å²) in [5.74, 6) is 0. The van der Waals surface area contributed by atoms with Crippen molar-refractivity contribution in [2.45, 2.75) is 32.4 Å². The van der Waals surface area contributed by atoms with Crippen LogP contribution in [0.3, 0.4) is 0 Å². The van der Waals surface area contributed by atoms with Crippen molar-refractivity contribution in [3.05, 3.63) is 33.3 Å². The maximum absolute atomic E-state index is 9.29. The largest absolute Gasteiger partial charge is 0.394 e. The van der Waals surface area contributed by atoms with E-state index < -0.39 is 0 Å². The summed E-state index contributed by atoms with van der Waals surface area (Å²) < 4.78 is 1.03. The van der Waals surface area contributed by atoms with Crippen LogP contribution in [0.5, 0.6) is 0 Å². The Kier molecular flexibility index (Phi) is 5.25. The third kappa shape index (κ3) is 3.74. The summed E-state index contributed by atoms with van der Waals surface area (Å²) >= 11 is 9.42. The van der Waals surface area contributed by atoms with Crippen molar-refractivity contribution in [3.63, 3.8) is 0 Å². The van der Waals surface area contributed by atoms with Gasteiger partial charge in [0.1, 0.15) is 0 Å². The van der Waals surface area contributed by atoms with E-state index in [0.717, 1.165) is 21.5 Å². The SMILES string of the molecule is CCC(C)(CO)NCc1cc(Cl)ccc1Br. The lowest BCUT2D eigenvalue weighted by atomic mass is 10.00. The van der Waals surface area contributed by atoms with Crippen molar-refractivity contribution in [1.82, 2.24) is 5.32 Å². The average molecular weight is 307 g/mol. The highest BCUT2D eigenvalue weighted by atomic mass is 79.9. The normalized spacial score (nSPS) is 14.8. The standard InChI is InChI=1S/C12H17BrClNO/c1-3-12(2,8-16)15-7-9-6-10(14)4-5-11(9)13/h4-6,15-16H,3,7-8H2,1-2H3. The lowest BCUT2D eigenvalue weighted by Crippen LogP contribution is -2.44. The highest BCUT2D eigenvalue weighted by molar-refractivity contribution is 9.10. The molecule has 16 heavy (non-hydrogen) atoms. The molecule has 2 N–H and O–H groups in total. The van der Waals surface area contributed by atoms with Crippen LogP contribution in [0.1, 0.15) is 25.8 Å². The Bertz CT molecular complexity index is 353. The lowest BCUT2D eigenvalue weighted by Gasteiger charge is -2.27. The molecule has 90 valence electrons. The van der Waals surface area contributed by atoms with Crippen LogP contribution in [0.15, 0.2) is 22.7 Å². The molecule has 0 bridgehead atoms. The quantitative estimate of drug-likeness (QED) is 0.874. The van der Waals surface area contributed by atoms with Gasteiger partial charge in [0.15, 0.2) is 0 Å². The molecule has 1 rings (SSSR count). The molecular weight excluding hydrogens is 289 g/mol. The van der Waals surface area contributed by atoms with Gasteiger partial charge in [-0.1, -0.05) is 34.5 Å². The second-order valence-corrected chi connectivity index (χ2v) is 5.45. The summed E-state index contributed by atoms with van der Waals surface area (Å²) in [5.41, 5.74) is 0.863. The van der Waals surface area contributed by atoms with Gasteiger partial charge in [0.2, 0.25) is 0 Å². The Morgan fingerprint density at radius 1 is 1.50 bits per heavy atom. The van der Waals surface area contributed by atoms with Crippen molar-refractivity contribution in [2.24, 2.45) is 0 Å². The van der Waals surface area contributed by atoms with E-state index in [1.54, 1.807) is 0 Å². The molecule has 1 aromatic carbocycles. The number of aliphatic hydroxyl groups is 1. The number of hydrogen-bond acceptors (Lipinski definition) is 2. The van der Waals surface area contributed by atoms with E-state index in [2.05, 4.69) is 28.2 Å². The van der Waals surface area contributed by atoms with Crippen LogP contribution < -0.4 is 5.32 Å². The van der Waals surface area contributed by atoms with Gasteiger partial charge >= 0.3 is 0 Å². The first-order valence-corrected chi connectivity index (χ1v) is 6.47. The zero-order valence-corrected chi connectivity index (χ0v) is 11.9. The highest BCUT2D eigenvalue weighted by Gasteiger charge is 2.19. The van der Waals surface area contributed by atoms with Gasteiger partial charge in [0, 0.05) is 21.6 Å². The smallest absolute Gasteiger partial charge is 0.0610 e. The molecule has 0 saturated carbocycles. The molecule has 1 aromatic rings. The van der Waals surface area contributed by atoms with Gasteiger partial charge < -0.3 is 10.4 Å². The van der Waals surface area contributed by atoms with Crippen LogP contribution >= 0.6 is 27.5 Å². The van der Waals surface area contributed by atoms with E-state index in [9.17, 15) is 5.11 Å². The van der Waals surface area contributed by atoms with Crippen molar-refractivity contribution < 1.29 is 5.11 Å². The Hall–Kier alpha value is -0.0900. The lowest BCUT2D eigenvalue weighted by molar-refractivity contribution is 0.169. The van der Waals surface area contributed by atoms with Gasteiger partial charge in [0.25, 0.3) is 0 Å². The Labute approximate surface area is 110 Å². The molecule has 1 atom stereocenters. The van der Waals surface area contributed by atoms with Crippen LogP contribution in [-0.2, 0) is 6.54 Å². The Morgan fingerprint density at radius 3 is 2.75 bits per heavy atom. The van der Waals surface area contributed by atoms with E-state index >= 15 is 0 Å². The highest BCUT2D eigenvalue weighted by Crippen LogP contribution is 2.22. The minimum Gasteiger partial charge on any atom is -0.394 e. The summed E-state index contributed by atoms with van der Waals surface area (Å²) in [6, 6.07) is 5.70. The van der Waals surface area contributed by atoms with Crippen LogP contribution in [0.4, 0.5) is 0 Å². The number of hydrogen-bond donors (Lipinski definition) is 2. The molecule has 0 saturated heterocycles. The zero-order chi connectivity index (χ0) is 12.2. The monoisotopic (exact) mass is 305 g/mol. The maximum atomic E-state index is 9.29. The molecule has 0 aromatic heterocycles. The van der Waals surface area contributed by atoms with Crippen molar-refractivity contribution in [1.29, 1.82) is 0 Å². The first kappa shape index (κ1) is 14.0. The molecule has 0 radical (unpaired) electrons. The van der Waals surface area contributed by atoms with E-state index in [-0.39, 0.29) is 12.1 Å². The molecular formula is C12H17BrClNO. The number of rotatable bonds is 5. The van der Waals surface area contributed by atoms with Gasteiger partial charge in [-0.15, -0.1) is 0 Å². The Morgan fingerprint density at radius 2 is 2.19 bits per heavy atom. The van der Waals surface area contributed by atoms with Crippen LogP contribution in [-0.4, -0.2) is 17.3 Å². The molecule has 0 aliphatic heterocycles. The predicted molar refractivity (Wildman–Crippen MR) is 71.8 cm³/mol. The second kappa shape index (κ2) is 6.01. The zero-order valence-electron chi connectivity index (χ0n) is 9.56. The Balaban J connectivity index is 2.70. The molecule has 0 aliphatic carbocycles. The van der Waals surface area contributed by atoms with Crippen LogP contribution in [0.25, 0.3) is 0 Å². The topological polar surface area (TPSA) is 32.3 Å². The van der Waals surface area contributed by atoms with Crippen molar-refractivity contribution in [3.8, 4) is 0 Å². The molecule has 1 unspecified atom stereocenters. The number of halogens is 2. The first-order valence-electron chi connectivity index (χ1n) is 5.30. The third-order valence-corrected chi connectivity index (χ3v) is 3.85. The molecule has 0 fully saturated rings. The summed E-state index contributed by atoms with van der Waals surface area (Å²) in [5, 5.41) is 13.4. The minimum atomic E-state index is -0.234. The van der Waals surface area contributed by atoms with Crippen molar-refractivity contribution >= 4 is 27.5 Å². The summed E-state index contributed by atoms with van der Waals surface area (Å²) in [4.78, 5) is 0. The number of benzene rings is 1. The van der Waals surface area contributed by atoms with Gasteiger partial charge in [-0.05, 0) is 37.1 Å². The first-order chi connectivity index (χ1) is 7.50. The summed E-state index contributed by atoms with van der Waals surface area (Å²) in [7, 11) is 0.